The Balaban J connectivity index is 1.37. The number of amides is 1. The smallest absolute Gasteiger partial charge is 0.251 e. The van der Waals surface area contributed by atoms with Crippen LogP contribution in [0, 0.1) is 5.82 Å². The molecular formula is C21H21FN6O. The van der Waals surface area contributed by atoms with E-state index in [1.165, 1.54) is 6.07 Å². The zero-order chi connectivity index (χ0) is 20.1. The van der Waals surface area contributed by atoms with E-state index in [1.807, 2.05) is 0 Å². The fraction of sp³-hybridized carbons (Fsp3) is 0.238. The van der Waals surface area contributed by atoms with Crippen LogP contribution in [0.5, 0.6) is 0 Å². The quantitative estimate of drug-likeness (QED) is 0.718. The zero-order valence-corrected chi connectivity index (χ0v) is 15.8. The van der Waals surface area contributed by atoms with Gasteiger partial charge in [0.15, 0.2) is 0 Å². The number of nitrogens with zero attached hydrogens (tertiary/aromatic N) is 5. The minimum absolute atomic E-state index is 0.138. The van der Waals surface area contributed by atoms with Gasteiger partial charge in [-0.2, -0.15) is 0 Å². The Kier molecular flexibility index (Phi) is 5.60. The van der Waals surface area contributed by atoms with Gasteiger partial charge in [0.1, 0.15) is 11.6 Å². The molecule has 3 aromatic rings. The molecule has 148 valence electrons. The lowest BCUT2D eigenvalue weighted by molar-refractivity contribution is 0.0950. The third-order valence-electron chi connectivity index (χ3n) is 4.84. The lowest BCUT2D eigenvalue weighted by Gasteiger charge is -2.35. The largest absolute Gasteiger partial charge is 0.353 e. The number of anilines is 2. The van der Waals surface area contributed by atoms with E-state index in [4.69, 9.17) is 0 Å². The fourth-order valence-corrected chi connectivity index (χ4v) is 3.24. The van der Waals surface area contributed by atoms with Gasteiger partial charge in [-0.1, -0.05) is 18.2 Å². The average molecular weight is 392 g/mol. The number of carbonyl (C=O) groups is 1. The third-order valence-corrected chi connectivity index (χ3v) is 4.84. The van der Waals surface area contributed by atoms with Crippen molar-refractivity contribution in [3.8, 4) is 0 Å². The molecule has 29 heavy (non-hydrogen) atoms. The Morgan fingerprint density at radius 1 is 0.931 bits per heavy atom. The number of pyridine rings is 1. The number of halogens is 1. The number of hydrogen-bond donors (Lipinski definition) is 1. The fourth-order valence-electron chi connectivity index (χ4n) is 3.24. The molecule has 1 N–H and O–H groups in total. The summed E-state index contributed by atoms with van der Waals surface area (Å²) >= 11 is 0. The van der Waals surface area contributed by atoms with Gasteiger partial charge < -0.3 is 15.1 Å². The molecule has 0 unspecified atom stereocenters. The van der Waals surface area contributed by atoms with Crippen molar-refractivity contribution in [3.63, 3.8) is 0 Å². The third kappa shape index (κ3) is 4.48. The number of hydrogen-bond acceptors (Lipinski definition) is 6. The monoisotopic (exact) mass is 392 g/mol. The summed E-state index contributed by atoms with van der Waals surface area (Å²) in [5, 5.41) is 2.76. The van der Waals surface area contributed by atoms with Crippen LogP contribution in [0.25, 0.3) is 0 Å². The second-order valence-corrected chi connectivity index (χ2v) is 6.70. The lowest BCUT2D eigenvalue weighted by Crippen LogP contribution is -2.47. The van der Waals surface area contributed by atoms with Crippen molar-refractivity contribution >= 4 is 17.7 Å². The van der Waals surface area contributed by atoms with Gasteiger partial charge in [0.25, 0.3) is 5.91 Å². The predicted octanol–water partition coefficient (Wildman–Crippen LogP) is 2.27. The van der Waals surface area contributed by atoms with Crippen LogP contribution in [0.15, 0.2) is 61.1 Å². The van der Waals surface area contributed by atoms with Crippen LogP contribution in [0.4, 0.5) is 16.2 Å². The molecule has 1 fully saturated rings. The van der Waals surface area contributed by atoms with Crippen LogP contribution in [0.1, 0.15) is 15.9 Å². The molecule has 1 aliphatic heterocycles. The van der Waals surface area contributed by atoms with Gasteiger partial charge in [-0.25, -0.2) is 19.3 Å². The van der Waals surface area contributed by atoms with Crippen molar-refractivity contribution in [1.29, 1.82) is 0 Å². The summed E-state index contributed by atoms with van der Waals surface area (Å²) in [4.78, 5) is 29.7. The van der Waals surface area contributed by atoms with E-state index < -0.39 is 0 Å². The van der Waals surface area contributed by atoms with Crippen LogP contribution in [-0.4, -0.2) is 47.0 Å². The first-order valence-electron chi connectivity index (χ1n) is 9.45. The molecule has 1 saturated heterocycles. The first-order valence-corrected chi connectivity index (χ1v) is 9.45. The molecule has 0 saturated carbocycles. The topological polar surface area (TPSA) is 74.2 Å². The van der Waals surface area contributed by atoms with E-state index in [1.54, 1.807) is 55.0 Å². The molecule has 0 aliphatic carbocycles. The lowest BCUT2D eigenvalue weighted by atomic mass is 10.2. The highest BCUT2D eigenvalue weighted by Crippen LogP contribution is 2.17. The normalized spacial score (nSPS) is 14.0. The summed E-state index contributed by atoms with van der Waals surface area (Å²) in [6.45, 7) is 3.20. The Hall–Kier alpha value is -3.55. The standard InChI is InChI=1S/C21H21FN6O/c22-18-5-2-1-4-17(18)15-26-20(29)16-6-9-23-19(14-16)27-10-12-28(13-11-27)21-24-7-3-8-25-21/h1-9,14H,10-13,15H2,(H,26,29). The van der Waals surface area contributed by atoms with Crippen molar-refractivity contribution < 1.29 is 9.18 Å². The molecule has 0 radical (unpaired) electrons. The van der Waals surface area contributed by atoms with E-state index in [2.05, 4.69) is 30.1 Å². The molecule has 2 aromatic heterocycles. The van der Waals surface area contributed by atoms with E-state index in [0.29, 0.717) is 11.1 Å². The van der Waals surface area contributed by atoms with Crippen molar-refractivity contribution in [1.82, 2.24) is 20.3 Å². The van der Waals surface area contributed by atoms with E-state index in [9.17, 15) is 9.18 Å². The van der Waals surface area contributed by atoms with Crippen LogP contribution < -0.4 is 15.1 Å². The van der Waals surface area contributed by atoms with Crippen LogP contribution in [-0.2, 0) is 6.54 Å². The van der Waals surface area contributed by atoms with Gasteiger partial charge in [-0.3, -0.25) is 4.79 Å². The number of carbonyl (C=O) groups excluding carboxylic acids is 1. The maximum absolute atomic E-state index is 13.7. The molecule has 0 bridgehead atoms. The Morgan fingerprint density at radius 3 is 2.41 bits per heavy atom. The van der Waals surface area contributed by atoms with Gasteiger partial charge in [-0.15, -0.1) is 0 Å². The number of nitrogens with one attached hydrogen (secondary N) is 1. The second-order valence-electron chi connectivity index (χ2n) is 6.70. The molecule has 3 heterocycles. The predicted molar refractivity (Wildman–Crippen MR) is 108 cm³/mol. The number of rotatable bonds is 5. The number of aromatic nitrogens is 3. The zero-order valence-electron chi connectivity index (χ0n) is 15.8. The molecule has 8 heteroatoms. The molecular weight excluding hydrogens is 371 g/mol. The van der Waals surface area contributed by atoms with Gasteiger partial charge in [0, 0.05) is 62.4 Å². The summed E-state index contributed by atoms with van der Waals surface area (Å²) in [5.41, 5.74) is 0.953. The molecule has 1 aromatic carbocycles. The summed E-state index contributed by atoms with van der Waals surface area (Å²) < 4.78 is 13.7. The Labute approximate surface area is 168 Å². The molecule has 1 amide bonds. The average Bonchev–Trinajstić information content (AvgIpc) is 2.79. The Morgan fingerprint density at radius 2 is 1.66 bits per heavy atom. The van der Waals surface area contributed by atoms with Crippen LogP contribution in [0.3, 0.4) is 0 Å². The number of benzene rings is 1. The van der Waals surface area contributed by atoms with Crippen molar-refractivity contribution in [2.75, 3.05) is 36.0 Å². The summed E-state index contributed by atoms with van der Waals surface area (Å²) in [5.74, 6) is 0.885. The van der Waals surface area contributed by atoms with Crippen molar-refractivity contribution in [3.05, 3.63) is 78.0 Å². The first-order chi connectivity index (χ1) is 14.2. The van der Waals surface area contributed by atoms with E-state index in [-0.39, 0.29) is 18.3 Å². The first kappa shape index (κ1) is 18.8. The highest BCUT2D eigenvalue weighted by molar-refractivity contribution is 5.94. The molecule has 0 spiro atoms. The van der Waals surface area contributed by atoms with Crippen LogP contribution >= 0.6 is 0 Å². The van der Waals surface area contributed by atoms with Crippen molar-refractivity contribution in [2.24, 2.45) is 0 Å². The molecule has 4 rings (SSSR count). The second kappa shape index (κ2) is 8.64. The number of piperazine rings is 1. The minimum Gasteiger partial charge on any atom is -0.353 e. The van der Waals surface area contributed by atoms with Gasteiger partial charge in [0.05, 0.1) is 0 Å². The maximum atomic E-state index is 13.7. The summed E-state index contributed by atoms with van der Waals surface area (Å²) in [6, 6.07) is 11.6. The van der Waals surface area contributed by atoms with Crippen LogP contribution in [0.2, 0.25) is 0 Å². The van der Waals surface area contributed by atoms with Gasteiger partial charge in [-0.05, 0) is 24.3 Å². The van der Waals surface area contributed by atoms with E-state index >= 15 is 0 Å². The highest BCUT2D eigenvalue weighted by Gasteiger charge is 2.20. The molecule has 7 nitrogen and oxygen atoms in total. The minimum atomic E-state index is -0.330. The molecule has 0 atom stereocenters. The molecule has 1 aliphatic rings. The van der Waals surface area contributed by atoms with Gasteiger partial charge in [0.2, 0.25) is 5.95 Å². The summed E-state index contributed by atoms with van der Waals surface area (Å²) in [6.07, 6.45) is 5.10. The highest BCUT2D eigenvalue weighted by atomic mass is 19.1. The Bertz CT molecular complexity index is 976. The maximum Gasteiger partial charge on any atom is 0.251 e. The van der Waals surface area contributed by atoms with E-state index in [0.717, 1.165) is 37.9 Å². The SMILES string of the molecule is O=C(NCc1ccccc1F)c1ccnc(N2CCN(c3ncccn3)CC2)c1. The van der Waals surface area contributed by atoms with Crippen molar-refractivity contribution in [2.45, 2.75) is 6.54 Å². The summed E-state index contributed by atoms with van der Waals surface area (Å²) in [7, 11) is 0. The van der Waals surface area contributed by atoms with Gasteiger partial charge >= 0.3 is 0 Å².